The summed E-state index contributed by atoms with van der Waals surface area (Å²) < 4.78 is 0. The summed E-state index contributed by atoms with van der Waals surface area (Å²) in [4.78, 5) is 2.53. The van der Waals surface area contributed by atoms with Crippen molar-refractivity contribution in [2.24, 2.45) is 5.41 Å². The van der Waals surface area contributed by atoms with Crippen LogP contribution >= 0.6 is 0 Å². The van der Waals surface area contributed by atoms with Crippen LogP contribution in [0.2, 0.25) is 0 Å². The predicted octanol–water partition coefficient (Wildman–Crippen LogP) is 1.61. The zero-order valence-corrected chi connectivity index (χ0v) is 11.2. The number of piperidine rings is 1. The highest BCUT2D eigenvalue weighted by Crippen LogP contribution is 2.45. The summed E-state index contributed by atoms with van der Waals surface area (Å²) in [5.74, 6) is 0. The van der Waals surface area contributed by atoms with Gasteiger partial charge >= 0.3 is 0 Å². The number of hydrogen-bond acceptors (Lipinski definition) is 3. The summed E-state index contributed by atoms with van der Waals surface area (Å²) >= 11 is 0. The van der Waals surface area contributed by atoms with Crippen LogP contribution < -0.4 is 5.32 Å². The lowest BCUT2D eigenvalue weighted by Crippen LogP contribution is -2.47. The molecule has 3 heteroatoms. The molecule has 1 saturated carbocycles. The molecule has 1 unspecified atom stereocenters. The average Bonchev–Trinajstić information content (AvgIpc) is 2.80. The van der Waals surface area contributed by atoms with Gasteiger partial charge in [-0.2, -0.15) is 0 Å². The molecular weight excluding hydrogens is 212 g/mol. The topological polar surface area (TPSA) is 35.5 Å². The largest absolute Gasteiger partial charge is 0.395 e. The second-order valence-electron chi connectivity index (χ2n) is 5.94. The lowest BCUT2D eigenvalue weighted by molar-refractivity contribution is 0.0913. The van der Waals surface area contributed by atoms with E-state index in [4.69, 9.17) is 0 Å². The zero-order chi connectivity index (χ0) is 12.1. The molecule has 100 valence electrons. The molecule has 0 amide bonds. The minimum atomic E-state index is 0.259. The molecule has 2 rings (SSSR count). The molecule has 2 N–H and O–H groups in total. The first kappa shape index (κ1) is 13.3. The van der Waals surface area contributed by atoms with Crippen molar-refractivity contribution in [3.63, 3.8) is 0 Å². The molecule has 17 heavy (non-hydrogen) atoms. The van der Waals surface area contributed by atoms with Gasteiger partial charge in [0.05, 0.1) is 6.61 Å². The second kappa shape index (κ2) is 6.17. The van der Waals surface area contributed by atoms with Crippen LogP contribution in [0, 0.1) is 5.41 Å². The molecule has 0 aromatic rings. The summed E-state index contributed by atoms with van der Waals surface area (Å²) in [6, 6.07) is 0.262. The van der Waals surface area contributed by atoms with Crippen LogP contribution in [-0.2, 0) is 0 Å². The Hall–Kier alpha value is -0.120. The van der Waals surface area contributed by atoms with Gasteiger partial charge in [0.2, 0.25) is 0 Å². The molecule has 2 aliphatic rings. The normalized spacial score (nSPS) is 26.5. The molecule has 1 saturated heterocycles. The first-order valence-corrected chi connectivity index (χ1v) is 7.34. The lowest BCUT2D eigenvalue weighted by Gasteiger charge is -2.40. The standard InChI is InChI=1S/C14H28N2O/c1-2-15-13(12-17)11-16-9-7-14(8-10-16)5-3-4-6-14/h13,15,17H,2-12H2,1H3. The molecule has 3 nitrogen and oxygen atoms in total. The van der Waals surface area contributed by atoms with E-state index >= 15 is 0 Å². The van der Waals surface area contributed by atoms with Crippen LogP contribution in [-0.4, -0.2) is 48.8 Å². The van der Waals surface area contributed by atoms with E-state index in [0.29, 0.717) is 5.41 Å². The smallest absolute Gasteiger partial charge is 0.0597 e. The van der Waals surface area contributed by atoms with Crippen LogP contribution in [0.5, 0.6) is 0 Å². The Morgan fingerprint density at radius 3 is 2.35 bits per heavy atom. The van der Waals surface area contributed by atoms with Gasteiger partial charge in [0.25, 0.3) is 0 Å². The van der Waals surface area contributed by atoms with Crippen LogP contribution in [0.4, 0.5) is 0 Å². The number of aliphatic hydroxyl groups is 1. The molecule has 0 bridgehead atoms. The van der Waals surface area contributed by atoms with E-state index in [0.717, 1.165) is 13.1 Å². The van der Waals surface area contributed by atoms with Gasteiger partial charge in [-0.1, -0.05) is 19.8 Å². The number of likely N-dealkylation sites (tertiary alicyclic amines) is 1. The van der Waals surface area contributed by atoms with Crippen molar-refractivity contribution in [2.45, 2.75) is 51.5 Å². The van der Waals surface area contributed by atoms with E-state index in [1.54, 1.807) is 0 Å². The van der Waals surface area contributed by atoms with Crippen LogP contribution in [0.3, 0.4) is 0 Å². The maximum Gasteiger partial charge on any atom is 0.0597 e. The fourth-order valence-corrected chi connectivity index (χ4v) is 3.62. The molecule has 1 atom stereocenters. The van der Waals surface area contributed by atoms with Crippen LogP contribution in [0.1, 0.15) is 45.4 Å². The van der Waals surface area contributed by atoms with Crippen molar-refractivity contribution in [1.82, 2.24) is 10.2 Å². The van der Waals surface area contributed by atoms with E-state index in [-0.39, 0.29) is 12.6 Å². The van der Waals surface area contributed by atoms with Gasteiger partial charge in [-0.05, 0) is 50.7 Å². The molecule has 1 heterocycles. The third kappa shape index (κ3) is 3.43. The Labute approximate surface area is 106 Å². The molecule has 1 aliphatic heterocycles. The Kier molecular flexibility index (Phi) is 4.83. The Balaban J connectivity index is 1.74. The minimum Gasteiger partial charge on any atom is -0.395 e. The number of nitrogens with one attached hydrogen (secondary N) is 1. The summed E-state index contributed by atoms with van der Waals surface area (Å²) in [6.07, 6.45) is 8.62. The molecule has 0 aromatic heterocycles. The van der Waals surface area contributed by atoms with Crippen molar-refractivity contribution in [2.75, 3.05) is 32.8 Å². The summed E-state index contributed by atoms with van der Waals surface area (Å²) in [7, 11) is 0. The second-order valence-corrected chi connectivity index (χ2v) is 5.94. The van der Waals surface area contributed by atoms with Gasteiger partial charge in [0.15, 0.2) is 0 Å². The number of rotatable bonds is 5. The number of nitrogens with zero attached hydrogens (tertiary/aromatic N) is 1. The zero-order valence-electron chi connectivity index (χ0n) is 11.2. The first-order chi connectivity index (χ1) is 8.28. The molecule has 1 aliphatic carbocycles. The van der Waals surface area contributed by atoms with Crippen molar-refractivity contribution in [1.29, 1.82) is 0 Å². The maximum absolute atomic E-state index is 9.30. The number of hydrogen-bond donors (Lipinski definition) is 2. The third-order valence-corrected chi connectivity index (χ3v) is 4.77. The van der Waals surface area contributed by atoms with E-state index in [2.05, 4.69) is 17.1 Å². The quantitative estimate of drug-likeness (QED) is 0.766. The lowest BCUT2D eigenvalue weighted by atomic mass is 9.77. The highest BCUT2D eigenvalue weighted by Gasteiger charge is 2.36. The number of aliphatic hydroxyl groups excluding tert-OH is 1. The van der Waals surface area contributed by atoms with Gasteiger partial charge in [-0.25, -0.2) is 0 Å². The molecule has 0 radical (unpaired) electrons. The van der Waals surface area contributed by atoms with Crippen molar-refractivity contribution >= 4 is 0 Å². The highest BCUT2D eigenvalue weighted by atomic mass is 16.3. The predicted molar refractivity (Wildman–Crippen MR) is 71.1 cm³/mol. The van der Waals surface area contributed by atoms with Crippen molar-refractivity contribution < 1.29 is 5.11 Å². The third-order valence-electron chi connectivity index (χ3n) is 4.77. The van der Waals surface area contributed by atoms with E-state index < -0.39 is 0 Å². The van der Waals surface area contributed by atoms with Crippen molar-refractivity contribution in [3.8, 4) is 0 Å². The van der Waals surface area contributed by atoms with Gasteiger partial charge in [0, 0.05) is 12.6 Å². The first-order valence-electron chi connectivity index (χ1n) is 7.34. The highest BCUT2D eigenvalue weighted by molar-refractivity contribution is 4.90. The average molecular weight is 240 g/mol. The summed E-state index contributed by atoms with van der Waals surface area (Å²) in [5.41, 5.74) is 0.712. The Bertz CT molecular complexity index is 216. The van der Waals surface area contributed by atoms with Crippen LogP contribution in [0.15, 0.2) is 0 Å². The van der Waals surface area contributed by atoms with E-state index in [1.165, 1.54) is 51.6 Å². The minimum absolute atomic E-state index is 0.259. The Morgan fingerprint density at radius 1 is 1.18 bits per heavy atom. The molecule has 0 aromatic carbocycles. The SMILES string of the molecule is CCNC(CO)CN1CCC2(CCCC2)CC1. The monoisotopic (exact) mass is 240 g/mol. The maximum atomic E-state index is 9.30. The fourth-order valence-electron chi connectivity index (χ4n) is 3.62. The fraction of sp³-hybridized carbons (Fsp3) is 1.00. The van der Waals surface area contributed by atoms with E-state index in [1.807, 2.05) is 0 Å². The van der Waals surface area contributed by atoms with Crippen LogP contribution in [0.25, 0.3) is 0 Å². The number of likely N-dealkylation sites (N-methyl/N-ethyl adjacent to an activating group) is 1. The van der Waals surface area contributed by atoms with Gasteiger partial charge in [-0.3, -0.25) is 0 Å². The van der Waals surface area contributed by atoms with Gasteiger partial charge < -0.3 is 15.3 Å². The van der Waals surface area contributed by atoms with E-state index in [9.17, 15) is 5.11 Å². The van der Waals surface area contributed by atoms with Gasteiger partial charge in [0.1, 0.15) is 0 Å². The van der Waals surface area contributed by atoms with Gasteiger partial charge in [-0.15, -0.1) is 0 Å². The molecular formula is C14H28N2O. The molecule has 2 fully saturated rings. The summed E-state index contributed by atoms with van der Waals surface area (Å²) in [5, 5.41) is 12.7. The Morgan fingerprint density at radius 2 is 1.82 bits per heavy atom. The summed E-state index contributed by atoms with van der Waals surface area (Å²) in [6.45, 7) is 6.80. The van der Waals surface area contributed by atoms with Crippen molar-refractivity contribution in [3.05, 3.63) is 0 Å². The molecule has 1 spiro atoms.